The normalized spacial score (nSPS) is 11.7. The van der Waals surface area contributed by atoms with Crippen molar-refractivity contribution in [2.24, 2.45) is 0 Å². The molecular weight excluding hydrogens is 343 g/mol. The molecule has 1 N–H and O–H groups in total. The fraction of sp³-hybridized carbons (Fsp3) is 0.263. The van der Waals surface area contributed by atoms with Gasteiger partial charge < -0.3 is 9.88 Å². The first-order valence-electron chi connectivity index (χ1n) is 8.16. The van der Waals surface area contributed by atoms with E-state index in [1.807, 2.05) is 24.3 Å². The number of amides is 1. The van der Waals surface area contributed by atoms with E-state index < -0.39 is 11.7 Å². The lowest BCUT2D eigenvalue weighted by molar-refractivity contribution is -0.137. The highest BCUT2D eigenvalue weighted by Crippen LogP contribution is 2.29. The van der Waals surface area contributed by atoms with Gasteiger partial charge in [-0.2, -0.15) is 13.2 Å². The number of carbonyl (C=O) groups is 1. The van der Waals surface area contributed by atoms with E-state index in [9.17, 15) is 18.0 Å². The van der Waals surface area contributed by atoms with Crippen molar-refractivity contribution < 1.29 is 18.0 Å². The number of aromatic nitrogens is 2. The molecule has 4 nitrogen and oxygen atoms in total. The SMILES string of the molecule is CN(Cc1ccc(C(F)(F)F)cc1)C(=O)CCc1nc2ccccc2[nH]1. The van der Waals surface area contributed by atoms with E-state index in [2.05, 4.69) is 9.97 Å². The summed E-state index contributed by atoms with van der Waals surface area (Å²) in [6, 6.07) is 12.5. The number of hydrogen-bond acceptors (Lipinski definition) is 2. The van der Waals surface area contributed by atoms with Crippen LogP contribution < -0.4 is 0 Å². The standard InChI is InChI=1S/C19H18F3N3O/c1-25(12-13-6-8-14(9-7-13)19(20,21)22)18(26)11-10-17-23-15-4-2-3-5-16(15)24-17/h2-9H,10-12H2,1H3,(H,23,24). The lowest BCUT2D eigenvalue weighted by Gasteiger charge is -2.17. The summed E-state index contributed by atoms with van der Waals surface area (Å²) in [5.41, 5.74) is 1.74. The minimum Gasteiger partial charge on any atom is -0.342 e. The van der Waals surface area contributed by atoms with Crippen molar-refractivity contribution in [2.75, 3.05) is 7.05 Å². The lowest BCUT2D eigenvalue weighted by atomic mass is 10.1. The summed E-state index contributed by atoms with van der Waals surface area (Å²) >= 11 is 0. The van der Waals surface area contributed by atoms with E-state index in [-0.39, 0.29) is 18.9 Å². The molecule has 0 fully saturated rings. The molecule has 0 aliphatic carbocycles. The van der Waals surface area contributed by atoms with Gasteiger partial charge in [-0.1, -0.05) is 24.3 Å². The number of fused-ring (bicyclic) bond motifs is 1. The second-order valence-corrected chi connectivity index (χ2v) is 6.15. The maximum atomic E-state index is 12.6. The molecule has 0 saturated carbocycles. The van der Waals surface area contributed by atoms with Crippen molar-refractivity contribution in [1.82, 2.24) is 14.9 Å². The number of imidazole rings is 1. The van der Waals surface area contributed by atoms with Crippen LogP contribution in [0.5, 0.6) is 0 Å². The Labute approximate surface area is 148 Å². The van der Waals surface area contributed by atoms with Gasteiger partial charge in [0.2, 0.25) is 5.91 Å². The van der Waals surface area contributed by atoms with Crippen LogP contribution in [0, 0.1) is 0 Å². The maximum Gasteiger partial charge on any atom is 0.416 e. The summed E-state index contributed by atoms with van der Waals surface area (Å²) in [6.45, 7) is 0.261. The molecule has 3 rings (SSSR count). The Kier molecular flexibility index (Phi) is 4.97. The molecule has 0 unspecified atom stereocenters. The Hall–Kier alpha value is -2.83. The average Bonchev–Trinajstić information content (AvgIpc) is 3.02. The molecule has 136 valence electrons. The molecule has 0 aliphatic rings. The molecule has 1 aromatic heterocycles. The number of H-pyrrole nitrogens is 1. The van der Waals surface area contributed by atoms with Crippen LogP contribution in [-0.2, 0) is 23.9 Å². The second kappa shape index (κ2) is 7.19. The largest absolute Gasteiger partial charge is 0.416 e. The summed E-state index contributed by atoms with van der Waals surface area (Å²) < 4.78 is 37.7. The highest BCUT2D eigenvalue weighted by molar-refractivity contribution is 5.77. The van der Waals surface area contributed by atoms with Crippen molar-refractivity contribution in [3.63, 3.8) is 0 Å². The lowest BCUT2D eigenvalue weighted by Crippen LogP contribution is -2.26. The number of halogens is 3. The Balaban J connectivity index is 1.55. The molecule has 26 heavy (non-hydrogen) atoms. The molecular formula is C19H18F3N3O. The topological polar surface area (TPSA) is 49.0 Å². The number of para-hydroxylation sites is 2. The van der Waals surface area contributed by atoms with E-state index in [0.717, 1.165) is 29.0 Å². The van der Waals surface area contributed by atoms with Gasteiger partial charge in [0.05, 0.1) is 16.6 Å². The minimum atomic E-state index is -4.35. The Morgan fingerprint density at radius 1 is 1.12 bits per heavy atom. The molecule has 7 heteroatoms. The molecule has 1 amide bonds. The van der Waals surface area contributed by atoms with Gasteiger partial charge in [-0.05, 0) is 29.8 Å². The molecule has 0 aliphatic heterocycles. The van der Waals surface area contributed by atoms with Gasteiger partial charge in [-0.3, -0.25) is 4.79 Å². The number of aromatic amines is 1. The Morgan fingerprint density at radius 3 is 2.46 bits per heavy atom. The van der Waals surface area contributed by atoms with Gasteiger partial charge in [-0.25, -0.2) is 4.98 Å². The van der Waals surface area contributed by atoms with E-state index in [1.165, 1.54) is 17.0 Å². The zero-order chi connectivity index (χ0) is 18.7. The molecule has 0 spiro atoms. The number of rotatable bonds is 5. The van der Waals surface area contributed by atoms with Crippen molar-refractivity contribution >= 4 is 16.9 Å². The van der Waals surface area contributed by atoms with E-state index in [0.29, 0.717) is 12.0 Å². The molecule has 0 saturated heterocycles. The third-order valence-electron chi connectivity index (χ3n) is 4.14. The summed E-state index contributed by atoms with van der Waals surface area (Å²) in [5, 5.41) is 0. The van der Waals surface area contributed by atoms with E-state index in [1.54, 1.807) is 7.05 Å². The van der Waals surface area contributed by atoms with Crippen LogP contribution in [-0.4, -0.2) is 27.8 Å². The molecule has 2 aromatic carbocycles. The zero-order valence-corrected chi connectivity index (χ0v) is 14.2. The highest BCUT2D eigenvalue weighted by Gasteiger charge is 2.29. The van der Waals surface area contributed by atoms with Crippen LogP contribution in [0.4, 0.5) is 13.2 Å². The number of aryl methyl sites for hydroxylation is 1. The van der Waals surface area contributed by atoms with Crippen LogP contribution in [0.1, 0.15) is 23.4 Å². The smallest absolute Gasteiger partial charge is 0.342 e. The van der Waals surface area contributed by atoms with Crippen LogP contribution in [0.3, 0.4) is 0 Å². The van der Waals surface area contributed by atoms with Gasteiger partial charge in [-0.15, -0.1) is 0 Å². The predicted molar refractivity (Wildman–Crippen MR) is 92.3 cm³/mol. The fourth-order valence-electron chi connectivity index (χ4n) is 2.70. The first-order chi connectivity index (χ1) is 12.3. The fourth-order valence-corrected chi connectivity index (χ4v) is 2.70. The van der Waals surface area contributed by atoms with Crippen molar-refractivity contribution in [2.45, 2.75) is 25.6 Å². The number of benzene rings is 2. The van der Waals surface area contributed by atoms with Gasteiger partial charge in [0, 0.05) is 26.4 Å². The number of hydrogen-bond donors (Lipinski definition) is 1. The number of carbonyl (C=O) groups excluding carboxylic acids is 1. The van der Waals surface area contributed by atoms with Gasteiger partial charge >= 0.3 is 6.18 Å². The van der Waals surface area contributed by atoms with Crippen molar-refractivity contribution in [1.29, 1.82) is 0 Å². The summed E-state index contributed by atoms with van der Waals surface area (Å²) in [4.78, 5) is 21.4. The molecule has 0 atom stereocenters. The number of nitrogens with one attached hydrogen (secondary N) is 1. The van der Waals surface area contributed by atoms with Crippen LogP contribution in [0.15, 0.2) is 48.5 Å². The highest BCUT2D eigenvalue weighted by atomic mass is 19.4. The van der Waals surface area contributed by atoms with Crippen LogP contribution in [0.25, 0.3) is 11.0 Å². The van der Waals surface area contributed by atoms with Crippen molar-refractivity contribution in [3.05, 3.63) is 65.5 Å². The molecule has 3 aromatic rings. The quantitative estimate of drug-likeness (QED) is 0.741. The zero-order valence-electron chi connectivity index (χ0n) is 14.2. The first kappa shape index (κ1) is 18.0. The van der Waals surface area contributed by atoms with Gasteiger partial charge in [0.1, 0.15) is 5.82 Å². The summed E-state index contributed by atoms with van der Waals surface area (Å²) in [7, 11) is 1.64. The van der Waals surface area contributed by atoms with Crippen LogP contribution in [0.2, 0.25) is 0 Å². The summed E-state index contributed by atoms with van der Waals surface area (Å²) in [5.74, 6) is 0.646. The number of nitrogens with zero attached hydrogens (tertiary/aromatic N) is 2. The first-order valence-corrected chi connectivity index (χ1v) is 8.16. The monoisotopic (exact) mass is 361 g/mol. The average molecular weight is 361 g/mol. The molecule has 0 bridgehead atoms. The minimum absolute atomic E-state index is 0.0923. The van der Waals surface area contributed by atoms with Crippen LogP contribution >= 0.6 is 0 Å². The molecule has 0 radical (unpaired) electrons. The van der Waals surface area contributed by atoms with Crippen molar-refractivity contribution in [3.8, 4) is 0 Å². The van der Waals surface area contributed by atoms with Gasteiger partial charge in [0.25, 0.3) is 0 Å². The van der Waals surface area contributed by atoms with E-state index >= 15 is 0 Å². The maximum absolute atomic E-state index is 12.6. The third kappa shape index (κ3) is 4.22. The van der Waals surface area contributed by atoms with Gasteiger partial charge in [0.15, 0.2) is 0 Å². The second-order valence-electron chi connectivity index (χ2n) is 6.15. The number of alkyl halides is 3. The third-order valence-corrected chi connectivity index (χ3v) is 4.14. The predicted octanol–water partition coefficient (Wildman–Crippen LogP) is 4.17. The molecule has 1 heterocycles. The van der Waals surface area contributed by atoms with E-state index in [4.69, 9.17) is 0 Å². The Bertz CT molecular complexity index is 867. The Morgan fingerprint density at radius 2 is 1.81 bits per heavy atom. The summed E-state index contributed by atoms with van der Waals surface area (Å²) in [6.07, 6.45) is -3.60.